The van der Waals surface area contributed by atoms with E-state index in [-0.39, 0.29) is 49.4 Å². The monoisotopic (exact) mass is 1040 g/mol. The van der Waals surface area contributed by atoms with Crippen LogP contribution in [0.25, 0.3) is 72.7 Å². The van der Waals surface area contributed by atoms with Crippen LogP contribution in [-0.4, -0.2) is 19.6 Å². The van der Waals surface area contributed by atoms with E-state index in [0.717, 1.165) is 22.3 Å². The van der Waals surface area contributed by atoms with Crippen LogP contribution in [-0.2, 0) is 42.7 Å². The van der Waals surface area contributed by atoms with E-state index in [0.29, 0.717) is 39.6 Å². The Labute approximate surface area is 425 Å². The number of aromatic hydroxyl groups is 1. The number of aryl methyl sites for hydroxylation is 1. The minimum absolute atomic E-state index is 0. The largest absolute Gasteiger partial charge is 0.507 e. The summed E-state index contributed by atoms with van der Waals surface area (Å²) >= 11 is 0. The van der Waals surface area contributed by atoms with Crippen LogP contribution in [0.1, 0.15) is 139 Å². The zero-order chi connectivity index (χ0) is 62.7. The van der Waals surface area contributed by atoms with Crippen LogP contribution in [0.2, 0.25) is 0 Å². The zero-order valence-electron chi connectivity index (χ0n) is 57.3. The molecule has 0 aliphatic rings. The van der Waals surface area contributed by atoms with E-state index in [4.69, 9.17) is 38.8 Å². The number of pyridine rings is 1. The van der Waals surface area contributed by atoms with Gasteiger partial charge in [0.15, 0.2) is 0 Å². The number of fused-ring (bicyclic) bond motifs is 1. The number of imidazole rings is 1. The van der Waals surface area contributed by atoms with Gasteiger partial charge in [0, 0.05) is 73.0 Å². The van der Waals surface area contributed by atoms with Gasteiger partial charge < -0.3 is 5.11 Å². The number of nitrogens with zero attached hydrogens (tertiary/aromatic N) is 3. The van der Waals surface area contributed by atoms with Gasteiger partial charge in [-0.1, -0.05) is 184 Å². The van der Waals surface area contributed by atoms with Gasteiger partial charge in [-0.25, -0.2) is 4.98 Å². The molecule has 0 saturated carbocycles. The quantitative estimate of drug-likeness (QED) is 0.169. The van der Waals surface area contributed by atoms with Crippen molar-refractivity contribution in [2.75, 3.05) is 0 Å². The molecule has 2 heterocycles. The van der Waals surface area contributed by atoms with Crippen molar-refractivity contribution in [2.24, 2.45) is 0 Å². The van der Waals surface area contributed by atoms with Crippen molar-refractivity contribution >= 4 is 11.0 Å². The molecule has 64 heavy (non-hydrogen) atoms. The van der Waals surface area contributed by atoms with Gasteiger partial charge in [-0.2, -0.15) is 0 Å². The summed E-state index contributed by atoms with van der Waals surface area (Å²) in [6, 6.07) is 38.2. The maximum atomic E-state index is 13.0. The second-order valence-electron chi connectivity index (χ2n) is 18.2. The van der Waals surface area contributed by atoms with Crippen molar-refractivity contribution in [1.29, 1.82) is 0 Å². The predicted molar refractivity (Wildman–Crippen MR) is 266 cm³/mol. The number of hydrogen-bond acceptors (Lipinski definition) is 3. The van der Waals surface area contributed by atoms with Gasteiger partial charge in [0.25, 0.3) is 0 Å². The molecular formula is C59H62N3OPt-. The summed E-state index contributed by atoms with van der Waals surface area (Å²) in [5, 5.41) is 13.0. The van der Waals surface area contributed by atoms with Crippen molar-refractivity contribution in [2.45, 2.75) is 111 Å². The first-order valence-corrected chi connectivity index (χ1v) is 20.5. The molecule has 8 rings (SSSR count). The molecule has 5 heteroatoms. The Bertz CT molecular complexity index is 3710. The molecule has 2 aromatic heterocycles. The Hall–Kier alpha value is -5.57. The van der Waals surface area contributed by atoms with Crippen LogP contribution in [0.4, 0.5) is 0 Å². The Balaban J connectivity index is 0.0000104. The van der Waals surface area contributed by atoms with Gasteiger partial charge in [0.2, 0.25) is 0 Å². The number of aromatic nitrogens is 3. The number of phenolic OH excluding ortho intramolecular Hbond substituents is 1. The molecule has 0 unspecified atom stereocenters. The smallest absolute Gasteiger partial charge is 0.148 e. The van der Waals surface area contributed by atoms with E-state index in [9.17, 15) is 5.11 Å². The van der Waals surface area contributed by atoms with E-state index < -0.39 is 97.9 Å². The van der Waals surface area contributed by atoms with Crippen molar-refractivity contribution in [3.05, 3.63) is 167 Å². The van der Waals surface area contributed by atoms with E-state index in [1.807, 2.05) is 102 Å². The Morgan fingerprint density at radius 1 is 0.562 bits per heavy atom. The normalized spacial score (nSPS) is 18.6. The third-order valence-electron chi connectivity index (χ3n) is 11.3. The fourth-order valence-corrected chi connectivity index (χ4v) is 7.93. The number of benzene rings is 6. The molecule has 0 bridgehead atoms. The molecule has 0 spiro atoms. The van der Waals surface area contributed by atoms with Crippen LogP contribution in [0, 0.1) is 12.9 Å². The molecule has 0 radical (unpaired) electrons. The first-order chi connectivity index (χ1) is 38.3. The number of phenols is 1. The minimum atomic E-state index is -4.16. The number of para-hydroxylation sites is 1. The summed E-state index contributed by atoms with van der Waals surface area (Å²) in [4.78, 5) is 9.87. The van der Waals surface area contributed by atoms with Crippen LogP contribution < -0.4 is 0 Å². The zero-order valence-corrected chi connectivity index (χ0v) is 38.6. The van der Waals surface area contributed by atoms with E-state index in [2.05, 4.69) is 6.07 Å². The average Bonchev–Trinajstić information content (AvgIpc) is 1.11. The molecule has 0 aliphatic carbocycles. The molecule has 8 aromatic rings. The second kappa shape index (κ2) is 17.1. The fourth-order valence-electron chi connectivity index (χ4n) is 7.93. The molecule has 330 valence electrons. The third-order valence-corrected chi connectivity index (χ3v) is 11.3. The summed E-state index contributed by atoms with van der Waals surface area (Å²) < 4.78 is 183. The van der Waals surface area contributed by atoms with Crippen LogP contribution in [0.5, 0.6) is 5.75 Å². The van der Waals surface area contributed by atoms with Crippen molar-refractivity contribution in [3.63, 3.8) is 0 Å². The van der Waals surface area contributed by atoms with Gasteiger partial charge in [0.1, 0.15) is 11.6 Å². The standard InChI is InChI=1S/C59H62N3O.Pt/c1-37-22-24-38(25-23-37)40-28-29-60-51(33-40)42-30-41(31-43(32-42)56(2,3)4)47-20-17-21-52-53(47)61-55(48-34-44(57(5,6)7)35-50(54(48)63)59(11,12)13)62(52)45-26-27-46(39-18-15-14-16-19-39)49(36-45)58(8,9)10;/h14-29,31-36,63H,1-13H3;/q-1;/i1D3,5D3,6D3,7D3,11D3,12D3,13D3;. The summed E-state index contributed by atoms with van der Waals surface area (Å²) in [7, 11) is 0. The number of hydrogen-bond donors (Lipinski definition) is 1. The van der Waals surface area contributed by atoms with Gasteiger partial charge in [0.05, 0.1) is 16.6 Å². The van der Waals surface area contributed by atoms with Gasteiger partial charge in [-0.3, -0.25) is 9.55 Å². The van der Waals surface area contributed by atoms with Gasteiger partial charge in [-0.15, -0.1) is 29.3 Å². The molecule has 1 N–H and O–H groups in total. The average molecular weight is 1050 g/mol. The van der Waals surface area contributed by atoms with Crippen LogP contribution in [0.15, 0.2) is 134 Å². The summed E-state index contributed by atoms with van der Waals surface area (Å²) in [6.45, 7) is -15.1. The maximum Gasteiger partial charge on any atom is 0.148 e. The Kier molecular flexibility index (Phi) is 7.05. The Morgan fingerprint density at radius 2 is 1.27 bits per heavy atom. The molecule has 0 amide bonds. The predicted octanol–water partition coefficient (Wildman–Crippen LogP) is 15.8. The van der Waals surface area contributed by atoms with Crippen molar-refractivity contribution < 1.29 is 55.0 Å². The molecule has 0 fully saturated rings. The topological polar surface area (TPSA) is 50.9 Å². The number of rotatable bonds is 6. The molecule has 0 saturated heterocycles. The first-order valence-electron chi connectivity index (χ1n) is 31.0. The molecule has 4 nitrogen and oxygen atoms in total. The second-order valence-corrected chi connectivity index (χ2v) is 18.2. The summed E-state index contributed by atoms with van der Waals surface area (Å²) in [6.07, 6.45) is 1.61. The van der Waals surface area contributed by atoms with E-state index in [1.165, 1.54) is 16.7 Å². The Morgan fingerprint density at radius 3 is 1.94 bits per heavy atom. The molecule has 0 atom stereocenters. The van der Waals surface area contributed by atoms with Gasteiger partial charge in [-0.05, 0) is 92.2 Å². The summed E-state index contributed by atoms with van der Waals surface area (Å²) in [5.74, 6) is -1.82. The van der Waals surface area contributed by atoms with E-state index >= 15 is 0 Å². The molecule has 6 aromatic carbocycles. The maximum absolute atomic E-state index is 13.0. The van der Waals surface area contributed by atoms with Crippen molar-refractivity contribution in [1.82, 2.24) is 14.5 Å². The van der Waals surface area contributed by atoms with Crippen LogP contribution in [0.3, 0.4) is 0 Å². The summed E-state index contributed by atoms with van der Waals surface area (Å²) in [5.41, 5.74) is -5.67. The SMILES string of the molecule is [2H]C([2H])([2H])c1ccc(-c2ccnc(-c3[c-]c(-c4cccc5c4nc(-c4cc(C(C([2H])([2H])[2H])(C([2H])([2H])[2H])C([2H])([2H])[2H])cc(C(C([2H])([2H])[2H])(C([2H])([2H])[2H])C([2H])([2H])[2H])c4O)n5-c4ccc(-c5ccccc5)c(C(C)(C)C)c4)cc(C(C)(C)C)c3)c2)cc1.[Pt]. The molecule has 0 aliphatic heterocycles. The van der Waals surface area contributed by atoms with Crippen LogP contribution >= 0.6 is 0 Å². The first kappa shape index (κ1) is 26.4. The fraction of sp³-hybridized carbons (Fsp3) is 0.288. The third kappa shape index (κ3) is 9.18. The minimum Gasteiger partial charge on any atom is -0.507 e. The van der Waals surface area contributed by atoms with Gasteiger partial charge >= 0.3 is 0 Å². The van der Waals surface area contributed by atoms with Crippen molar-refractivity contribution in [3.8, 4) is 67.5 Å². The molecular weight excluding hydrogens is 962 g/mol. The van der Waals surface area contributed by atoms with E-state index in [1.54, 1.807) is 48.7 Å².